The highest BCUT2D eigenvalue weighted by molar-refractivity contribution is 5.79. The van der Waals surface area contributed by atoms with E-state index in [1.807, 2.05) is 18.2 Å². The van der Waals surface area contributed by atoms with E-state index in [0.717, 1.165) is 30.6 Å². The Bertz CT molecular complexity index is 534. The molecule has 126 valence electrons. The molecule has 5 nitrogen and oxygen atoms in total. The molecule has 2 aliphatic rings. The lowest BCUT2D eigenvalue weighted by Crippen LogP contribution is -2.46. The van der Waals surface area contributed by atoms with Crippen LogP contribution < -0.4 is 10.1 Å². The van der Waals surface area contributed by atoms with Crippen LogP contribution in [-0.2, 0) is 19.7 Å². The van der Waals surface area contributed by atoms with Gasteiger partial charge in [0.1, 0.15) is 5.75 Å². The Balaban J connectivity index is 1.77. The van der Waals surface area contributed by atoms with Crippen molar-refractivity contribution in [1.29, 1.82) is 0 Å². The van der Waals surface area contributed by atoms with Gasteiger partial charge in [0.25, 0.3) is 0 Å². The summed E-state index contributed by atoms with van der Waals surface area (Å²) in [5.74, 6) is 0.973. The van der Waals surface area contributed by atoms with Crippen molar-refractivity contribution in [2.75, 3.05) is 40.1 Å². The predicted molar refractivity (Wildman–Crippen MR) is 86.7 cm³/mol. The van der Waals surface area contributed by atoms with Crippen LogP contribution >= 0.6 is 0 Å². The quantitative estimate of drug-likeness (QED) is 0.900. The molecule has 0 aliphatic carbocycles. The molecule has 2 saturated heterocycles. The molecule has 5 heteroatoms. The molecule has 0 radical (unpaired) electrons. The van der Waals surface area contributed by atoms with E-state index in [2.05, 4.69) is 11.4 Å². The Morgan fingerprint density at radius 2 is 2.04 bits per heavy atom. The zero-order valence-electron chi connectivity index (χ0n) is 13.7. The first kappa shape index (κ1) is 16.3. The number of carbonyl (C=O) groups excluding carboxylic acids is 1. The minimum absolute atomic E-state index is 0.00967. The molecule has 2 fully saturated rings. The van der Waals surface area contributed by atoms with Crippen LogP contribution in [0.2, 0.25) is 0 Å². The minimum atomic E-state index is -0.125. The number of ether oxygens (including phenoxy) is 3. The molecule has 23 heavy (non-hydrogen) atoms. The number of amides is 1. The monoisotopic (exact) mass is 319 g/mol. The van der Waals surface area contributed by atoms with Gasteiger partial charge in [-0.05, 0) is 25.3 Å². The van der Waals surface area contributed by atoms with Gasteiger partial charge in [0.2, 0.25) is 5.91 Å². The van der Waals surface area contributed by atoms with Gasteiger partial charge in [0, 0.05) is 37.3 Å². The zero-order chi connectivity index (χ0) is 16.1. The molecule has 3 rings (SSSR count). The van der Waals surface area contributed by atoms with Gasteiger partial charge in [0.05, 0.1) is 19.6 Å². The van der Waals surface area contributed by atoms with Crippen molar-refractivity contribution < 1.29 is 19.0 Å². The molecule has 2 heterocycles. The van der Waals surface area contributed by atoms with E-state index in [-0.39, 0.29) is 17.2 Å². The summed E-state index contributed by atoms with van der Waals surface area (Å²) in [6, 6.07) is 8.10. The summed E-state index contributed by atoms with van der Waals surface area (Å²) >= 11 is 0. The van der Waals surface area contributed by atoms with Gasteiger partial charge in [-0.25, -0.2) is 0 Å². The summed E-state index contributed by atoms with van der Waals surface area (Å²) in [5, 5.41) is 3.15. The van der Waals surface area contributed by atoms with Crippen molar-refractivity contribution in [2.24, 2.45) is 5.92 Å². The maximum absolute atomic E-state index is 12.4. The standard InChI is InChI=1S/C18H25NO4/c1-21-16-5-3-2-4-15(16)18(7-10-22-11-8-18)13-19-17(20)14-6-9-23-12-14/h2-5,14H,6-13H2,1H3,(H,19,20)/t14-/m1/s1. The topological polar surface area (TPSA) is 56.8 Å². The fourth-order valence-corrected chi connectivity index (χ4v) is 3.53. The second kappa shape index (κ2) is 7.32. The van der Waals surface area contributed by atoms with Crippen LogP contribution in [0.25, 0.3) is 0 Å². The van der Waals surface area contributed by atoms with Crippen molar-refractivity contribution in [1.82, 2.24) is 5.32 Å². The Labute approximate surface area is 137 Å². The molecule has 0 unspecified atom stereocenters. The molecule has 0 spiro atoms. The third kappa shape index (κ3) is 3.51. The molecular formula is C18H25NO4. The smallest absolute Gasteiger partial charge is 0.225 e. The fourth-order valence-electron chi connectivity index (χ4n) is 3.53. The van der Waals surface area contributed by atoms with Crippen LogP contribution in [0.4, 0.5) is 0 Å². The van der Waals surface area contributed by atoms with Crippen molar-refractivity contribution in [2.45, 2.75) is 24.7 Å². The van der Waals surface area contributed by atoms with Gasteiger partial charge in [-0.15, -0.1) is 0 Å². The SMILES string of the molecule is COc1ccccc1C1(CNC(=O)[C@@H]2CCOC2)CCOCC1. The summed E-state index contributed by atoms with van der Waals surface area (Å²) in [5.41, 5.74) is 1.04. The molecule has 1 atom stereocenters. The van der Waals surface area contributed by atoms with Crippen LogP contribution in [-0.4, -0.2) is 46.0 Å². The van der Waals surface area contributed by atoms with Crippen LogP contribution in [0, 0.1) is 5.92 Å². The average Bonchev–Trinajstić information content (AvgIpc) is 3.15. The van der Waals surface area contributed by atoms with E-state index in [1.54, 1.807) is 7.11 Å². The largest absolute Gasteiger partial charge is 0.496 e. The van der Waals surface area contributed by atoms with E-state index in [9.17, 15) is 4.79 Å². The highest BCUT2D eigenvalue weighted by Crippen LogP contribution is 2.39. The normalized spacial score (nSPS) is 23.4. The minimum Gasteiger partial charge on any atom is -0.496 e. The van der Waals surface area contributed by atoms with Gasteiger partial charge in [0.15, 0.2) is 0 Å². The molecule has 0 saturated carbocycles. The maximum atomic E-state index is 12.4. The highest BCUT2D eigenvalue weighted by atomic mass is 16.5. The van der Waals surface area contributed by atoms with Gasteiger partial charge >= 0.3 is 0 Å². The van der Waals surface area contributed by atoms with E-state index in [1.165, 1.54) is 0 Å². The third-order valence-corrected chi connectivity index (χ3v) is 5.03. The summed E-state index contributed by atoms with van der Waals surface area (Å²) in [6.07, 6.45) is 2.58. The average molecular weight is 319 g/mol. The van der Waals surface area contributed by atoms with Gasteiger partial charge in [-0.1, -0.05) is 18.2 Å². The molecule has 2 aliphatic heterocycles. The molecule has 0 aromatic heterocycles. The Kier molecular flexibility index (Phi) is 5.18. The van der Waals surface area contributed by atoms with Gasteiger partial charge in [-0.2, -0.15) is 0 Å². The van der Waals surface area contributed by atoms with E-state index in [0.29, 0.717) is 33.0 Å². The van der Waals surface area contributed by atoms with Crippen LogP contribution in [0.15, 0.2) is 24.3 Å². The molecule has 0 bridgehead atoms. The van der Waals surface area contributed by atoms with Crippen LogP contribution in [0.1, 0.15) is 24.8 Å². The first-order chi connectivity index (χ1) is 11.2. The Morgan fingerprint density at radius 1 is 1.26 bits per heavy atom. The fraction of sp³-hybridized carbons (Fsp3) is 0.611. The zero-order valence-corrected chi connectivity index (χ0v) is 13.7. The van der Waals surface area contributed by atoms with Gasteiger partial charge in [-0.3, -0.25) is 4.79 Å². The number of hydrogen-bond donors (Lipinski definition) is 1. The third-order valence-electron chi connectivity index (χ3n) is 5.03. The van der Waals surface area contributed by atoms with Crippen molar-refractivity contribution in [3.8, 4) is 5.75 Å². The Morgan fingerprint density at radius 3 is 2.74 bits per heavy atom. The van der Waals surface area contributed by atoms with E-state index < -0.39 is 0 Å². The first-order valence-electron chi connectivity index (χ1n) is 8.32. The second-order valence-electron chi connectivity index (χ2n) is 6.37. The van der Waals surface area contributed by atoms with E-state index >= 15 is 0 Å². The summed E-state index contributed by atoms with van der Waals surface area (Å²) in [4.78, 5) is 12.4. The lowest BCUT2D eigenvalue weighted by atomic mass is 9.73. The van der Waals surface area contributed by atoms with E-state index in [4.69, 9.17) is 14.2 Å². The predicted octanol–water partition coefficient (Wildman–Crippen LogP) is 1.90. The maximum Gasteiger partial charge on any atom is 0.225 e. The summed E-state index contributed by atoms with van der Waals surface area (Å²) in [7, 11) is 1.69. The number of benzene rings is 1. The lowest BCUT2D eigenvalue weighted by Gasteiger charge is -2.38. The first-order valence-corrected chi connectivity index (χ1v) is 8.32. The number of methoxy groups -OCH3 is 1. The number of hydrogen-bond acceptors (Lipinski definition) is 4. The highest BCUT2D eigenvalue weighted by Gasteiger charge is 2.37. The lowest BCUT2D eigenvalue weighted by molar-refractivity contribution is -0.125. The number of nitrogens with one attached hydrogen (secondary N) is 1. The van der Waals surface area contributed by atoms with Crippen molar-refractivity contribution >= 4 is 5.91 Å². The van der Waals surface area contributed by atoms with Crippen LogP contribution in [0.3, 0.4) is 0 Å². The summed E-state index contributed by atoms with van der Waals surface area (Å²) in [6.45, 7) is 3.26. The summed E-state index contributed by atoms with van der Waals surface area (Å²) < 4.78 is 16.4. The Hall–Kier alpha value is -1.59. The molecule has 1 aromatic rings. The number of rotatable bonds is 5. The molecule has 1 amide bonds. The van der Waals surface area contributed by atoms with Crippen molar-refractivity contribution in [3.05, 3.63) is 29.8 Å². The van der Waals surface area contributed by atoms with Crippen molar-refractivity contribution in [3.63, 3.8) is 0 Å². The number of para-hydroxylation sites is 1. The van der Waals surface area contributed by atoms with Gasteiger partial charge < -0.3 is 19.5 Å². The molecule has 1 N–H and O–H groups in total. The molecule has 1 aromatic carbocycles. The van der Waals surface area contributed by atoms with Crippen LogP contribution in [0.5, 0.6) is 5.75 Å². The molecular weight excluding hydrogens is 294 g/mol. The number of carbonyl (C=O) groups is 1. The second-order valence-corrected chi connectivity index (χ2v) is 6.37.